The van der Waals surface area contributed by atoms with Gasteiger partial charge in [0.05, 0.1) is 30.3 Å². The molecule has 6 rings (SSSR count). The number of hydrogen-bond donors (Lipinski definition) is 0. The molecule has 0 atom stereocenters. The third kappa shape index (κ3) is 6.31. The van der Waals surface area contributed by atoms with E-state index in [-0.39, 0.29) is 24.0 Å². The predicted octanol–water partition coefficient (Wildman–Crippen LogP) is 5.73. The van der Waals surface area contributed by atoms with E-state index in [1.807, 2.05) is 56.3 Å². The first kappa shape index (κ1) is 29.3. The summed E-state index contributed by atoms with van der Waals surface area (Å²) in [6, 6.07) is 15.4. The van der Waals surface area contributed by atoms with Crippen LogP contribution >= 0.6 is 15.9 Å². The molecule has 0 radical (unpaired) electrons. The monoisotopic (exact) mass is 645 g/mol. The normalized spacial score (nSPS) is 16.3. The van der Waals surface area contributed by atoms with Gasteiger partial charge in [-0.1, -0.05) is 35.2 Å². The number of amides is 1. The smallest absolute Gasteiger partial charge is 0.282 e. The molecule has 2 aromatic heterocycles. The van der Waals surface area contributed by atoms with Gasteiger partial charge in [-0.15, -0.1) is 0 Å². The van der Waals surface area contributed by atoms with Crippen LogP contribution in [0.4, 0.5) is 0 Å². The molecular formula is C33H36BrN5O4. The van der Waals surface area contributed by atoms with Crippen molar-refractivity contribution in [2.75, 3.05) is 32.9 Å². The summed E-state index contributed by atoms with van der Waals surface area (Å²) in [4.78, 5) is 32.9. The van der Waals surface area contributed by atoms with Gasteiger partial charge in [0, 0.05) is 46.1 Å². The summed E-state index contributed by atoms with van der Waals surface area (Å²) in [6.07, 6.45) is 7.29. The maximum absolute atomic E-state index is 13.7. The topological polar surface area (TPSA) is 90.9 Å². The molecule has 10 heteroatoms. The molecule has 0 bridgehead atoms. The van der Waals surface area contributed by atoms with Crippen molar-refractivity contribution in [3.8, 4) is 11.4 Å². The summed E-state index contributed by atoms with van der Waals surface area (Å²) < 4.78 is 15.6. The van der Waals surface area contributed by atoms with Gasteiger partial charge in [0.2, 0.25) is 0 Å². The first-order valence-electron chi connectivity index (χ1n) is 14.9. The molecule has 4 aromatic rings. The van der Waals surface area contributed by atoms with E-state index < -0.39 is 0 Å². The van der Waals surface area contributed by atoms with Gasteiger partial charge in [0.25, 0.3) is 11.5 Å². The molecule has 2 fully saturated rings. The fraction of sp³-hybridized carbons (Fsp3) is 0.394. The standard InChI is InChI=1S/C33H36BrN5O4/c1-22-18-25(23(2)38(22)27-9-11-28(12-10-27)43-21-31(40)37-14-16-42-17-15-37)20-35-39-32(24-6-4-3-5-7-24)36-30-13-8-26(34)19-29(30)33(39)41/h8-13,18-20,24H,3-7,14-17,21H2,1-2H3. The van der Waals surface area contributed by atoms with Crippen LogP contribution in [0.5, 0.6) is 5.75 Å². The van der Waals surface area contributed by atoms with Gasteiger partial charge in [-0.25, -0.2) is 4.98 Å². The predicted molar refractivity (Wildman–Crippen MR) is 171 cm³/mol. The second-order valence-electron chi connectivity index (χ2n) is 11.3. The van der Waals surface area contributed by atoms with Crippen molar-refractivity contribution < 1.29 is 14.3 Å². The van der Waals surface area contributed by atoms with Crippen molar-refractivity contribution in [2.24, 2.45) is 5.10 Å². The Balaban J connectivity index is 1.25. The minimum Gasteiger partial charge on any atom is -0.484 e. The molecule has 2 aliphatic rings. The molecule has 9 nitrogen and oxygen atoms in total. The lowest BCUT2D eigenvalue weighted by Crippen LogP contribution is -2.42. The van der Waals surface area contributed by atoms with Crippen LogP contribution in [0.25, 0.3) is 16.6 Å². The van der Waals surface area contributed by atoms with Gasteiger partial charge in [0.1, 0.15) is 11.6 Å². The van der Waals surface area contributed by atoms with Gasteiger partial charge < -0.3 is 18.9 Å². The van der Waals surface area contributed by atoms with Crippen LogP contribution in [0.1, 0.15) is 60.8 Å². The number of carbonyl (C=O) groups is 1. The highest BCUT2D eigenvalue weighted by Gasteiger charge is 2.23. The Morgan fingerprint density at radius 1 is 1.07 bits per heavy atom. The minimum absolute atomic E-state index is 0.00430. The Morgan fingerprint density at radius 2 is 1.81 bits per heavy atom. The van der Waals surface area contributed by atoms with E-state index in [1.165, 1.54) is 11.1 Å². The number of aryl methyl sites for hydroxylation is 1. The van der Waals surface area contributed by atoms with Crippen LogP contribution in [0, 0.1) is 13.8 Å². The summed E-state index contributed by atoms with van der Waals surface area (Å²) in [5.74, 6) is 1.56. The number of fused-ring (bicyclic) bond motifs is 1. The number of ether oxygens (including phenoxy) is 2. The number of halogens is 1. The average Bonchev–Trinajstić information content (AvgIpc) is 3.32. The summed E-state index contributed by atoms with van der Waals surface area (Å²) in [7, 11) is 0. The Morgan fingerprint density at radius 3 is 2.56 bits per heavy atom. The van der Waals surface area contributed by atoms with E-state index in [0.29, 0.717) is 43.0 Å². The molecule has 1 aliphatic heterocycles. The lowest BCUT2D eigenvalue weighted by atomic mass is 9.88. The third-order valence-electron chi connectivity index (χ3n) is 8.41. The van der Waals surface area contributed by atoms with Crippen LogP contribution in [0.3, 0.4) is 0 Å². The first-order chi connectivity index (χ1) is 20.9. The molecule has 1 saturated heterocycles. The second-order valence-corrected chi connectivity index (χ2v) is 12.2. The second kappa shape index (κ2) is 12.9. The molecule has 43 heavy (non-hydrogen) atoms. The van der Waals surface area contributed by atoms with Gasteiger partial charge >= 0.3 is 0 Å². The Bertz CT molecular complexity index is 1710. The zero-order valence-corrected chi connectivity index (χ0v) is 26.2. The maximum atomic E-state index is 13.7. The molecule has 224 valence electrons. The highest BCUT2D eigenvalue weighted by molar-refractivity contribution is 9.10. The highest BCUT2D eigenvalue weighted by atomic mass is 79.9. The number of hydrogen-bond acceptors (Lipinski definition) is 6. The summed E-state index contributed by atoms with van der Waals surface area (Å²) in [6.45, 7) is 6.43. The number of nitrogens with zero attached hydrogens (tertiary/aromatic N) is 5. The molecular weight excluding hydrogens is 610 g/mol. The van der Waals surface area contributed by atoms with Crippen molar-refractivity contribution in [1.82, 2.24) is 19.1 Å². The van der Waals surface area contributed by atoms with E-state index in [0.717, 1.165) is 58.6 Å². The molecule has 0 spiro atoms. The van der Waals surface area contributed by atoms with Crippen molar-refractivity contribution in [2.45, 2.75) is 51.9 Å². The molecule has 2 aromatic carbocycles. The number of rotatable bonds is 7. The first-order valence-corrected chi connectivity index (χ1v) is 15.7. The van der Waals surface area contributed by atoms with Gasteiger partial charge in [0.15, 0.2) is 6.61 Å². The van der Waals surface area contributed by atoms with E-state index in [9.17, 15) is 9.59 Å². The quantitative estimate of drug-likeness (QED) is 0.239. The van der Waals surface area contributed by atoms with Gasteiger partial charge in [-0.2, -0.15) is 9.78 Å². The average molecular weight is 647 g/mol. The Kier molecular flexibility index (Phi) is 8.76. The number of aromatic nitrogens is 3. The number of carbonyl (C=O) groups excluding carboxylic acids is 1. The third-order valence-corrected chi connectivity index (χ3v) is 8.90. The maximum Gasteiger partial charge on any atom is 0.282 e. The van der Waals surface area contributed by atoms with Crippen molar-refractivity contribution in [1.29, 1.82) is 0 Å². The Labute approximate surface area is 259 Å². The van der Waals surface area contributed by atoms with Crippen LogP contribution < -0.4 is 10.3 Å². The highest BCUT2D eigenvalue weighted by Crippen LogP contribution is 2.32. The van der Waals surface area contributed by atoms with Crippen LogP contribution in [0.15, 0.2) is 62.9 Å². The van der Waals surface area contributed by atoms with Gasteiger partial charge in [-0.3, -0.25) is 9.59 Å². The fourth-order valence-electron chi connectivity index (χ4n) is 6.08. The SMILES string of the molecule is Cc1cc(C=Nn2c(C3CCCCC3)nc3ccc(Br)cc3c2=O)c(C)n1-c1ccc(OCC(=O)N2CCOCC2)cc1. The molecule has 0 N–H and O–H groups in total. The molecule has 3 heterocycles. The van der Waals surface area contributed by atoms with Crippen LogP contribution in [-0.4, -0.2) is 64.2 Å². The number of benzene rings is 2. The van der Waals surface area contributed by atoms with Gasteiger partial charge in [-0.05, 0) is 75.2 Å². The van der Waals surface area contributed by atoms with E-state index in [2.05, 4.69) is 26.6 Å². The van der Waals surface area contributed by atoms with E-state index >= 15 is 0 Å². The van der Waals surface area contributed by atoms with Crippen molar-refractivity contribution in [3.05, 3.63) is 86.1 Å². The zero-order chi connectivity index (χ0) is 29.9. The minimum atomic E-state index is -0.153. The van der Waals surface area contributed by atoms with Crippen molar-refractivity contribution in [3.63, 3.8) is 0 Å². The molecule has 0 unspecified atom stereocenters. The van der Waals surface area contributed by atoms with Crippen LogP contribution in [0.2, 0.25) is 0 Å². The molecule has 1 aliphatic carbocycles. The Hall–Kier alpha value is -3.76. The summed E-state index contributed by atoms with van der Waals surface area (Å²) in [5.41, 5.74) is 4.48. The summed E-state index contributed by atoms with van der Waals surface area (Å²) >= 11 is 3.49. The zero-order valence-electron chi connectivity index (χ0n) is 24.6. The molecule has 1 saturated carbocycles. The molecule has 1 amide bonds. The lowest BCUT2D eigenvalue weighted by Gasteiger charge is -2.26. The largest absolute Gasteiger partial charge is 0.484 e. The lowest BCUT2D eigenvalue weighted by molar-refractivity contribution is -0.137. The van der Waals surface area contributed by atoms with Crippen LogP contribution in [-0.2, 0) is 9.53 Å². The number of morpholine rings is 1. The van der Waals surface area contributed by atoms with Crippen molar-refractivity contribution >= 4 is 39.0 Å². The fourth-order valence-corrected chi connectivity index (χ4v) is 6.44. The van der Waals surface area contributed by atoms with E-state index in [4.69, 9.17) is 19.6 Å². The van der Waals surface area contributed by atoms with E-state index in [1.54, 1.807) is 11.1 Å². The summed E-state index contributed by atoms with van der Waals surface area (Å²) in [5, 5.41) is 5.30.